The topological polar surface area (TPSA) is 70.7 Å². The van der Waals surface area contributed by atoms with Crippen LogP contribution in [-0.4, -0.2) is 15.7 Å². The molecule has 29 heavy (non-hydrogen) atoms. The molecule has 0 unspecified atom stereocenters. The van der Waals surface area contributed by atoms with Crippen molar-refractivity contribution in [3.8, 4) is 6.07 Å². The zero-order valence-electron chi connectivity index (χ0n) is 16.8. The van der Waals surface area contributed by atoms with Gasteiger partial charge in [-0.25, -0.2) is 0 Å². The highest BCUT2D eigenvalue weighted by Gasteiger charge is 2.35. The summed E-state index contributed by atoms with van der Waals surface area (Å²) in [5.74, 6) is -0.0105. The Morgan fingerprint density at radius 2 is 2.10 bits per heavy atom. The maximum Gasteiger partial charge on any atom is 0.435 e. The van der Waals surface area contributed by atoms with E-state index in [2.05, 4.69) is 37.3 Å². The molecule has 0 fully saturated rings. The summed E-state index contributed by atoms with van der Waals surface area (Å²) in [6.07, 6.45) is -1.92. The highest BCUT2D eigenvalue weighted by Crippen LogP contribution is 2.44. The van der Waals surface area contributed by atoms with Gasteiger partial charge in [-0.15, -0.1) is 11.3 Å². The highest BCUT2D eigenvalue weighted by atomic mass is 32.1. The van der Waals surface area contributed by atoms with Crippen molar-refractivity contribution in [1.29, 1.82) is 5.26 Å². The smallest absolute Gasteiger partial charge is 0.315 e. The van der Waals surface area contributed by atoms with Crippen LogP contribution in [0.5, 0.6) is 0 Å². The van der Waals surface area contributed by atoms with E-state index in [1.807, 2.05) is 0 Å². The van der Waals surface area contributed by atoms with E-state index in [1.165, 1.54) is 18.3 Å². The summed E-state index contributed by atoms with van der Waals surface area (Å²) < 4.78 is 39.4. The predicted molar refractivity (Wildman–Crippen MR) is 105 cm³/mol. The molecule has 2 aromatic heterocycles. The summed E-state index contributed by atoms with van der Waals surface area (Å²) in [6, 6.07) is 3.09. The summed E-state index contributed by atoms with van der Waals surface area (Å²) in [4.78, 5) is 13.6. The van der Waals surface area contributed by atoms with E-state index in [-0.39, 0.29) is 17.7 Å². The normalized spacial score (nSPS) is 17.0. The summed E-state index contributed by atoms with van der Waals surface area (Å²) in [7, 11) is 0. The molecule has 1 amide bonds. The molecule has 1 atom stereocenters. The van der Waals surface area contributed by atoms with Crippen LogP contribution < -0.4 is 5.32 Å². The fourth-order valence-electron chi connectivity index (χ4n) is 3.64. The van der Waals surface area contributed by atoms with Gasteiger partial charge in [0.2, 0.25) is 5.91 Å². The van der Waals surface area contributed by atoms with Crippen LogP contribution in [0, 0.1) is 29.6 Å². The predicted octanol–water partition coefficient (Wildman–Crippen LogP) is 4.93. The Morgan fingerprint density at radius 3 is 2.66 bits per heavy atom. The Kier molecular flexibility index (Phi) is 5.52. The van der Waals surface area contributed by atoms with Crippen molar-refractivity contribution in [2.75, 3.05) is 5.32 Å². The second kappa shape index (κ2) is 7.48. The van der Waals surface area contributed by atoms with E-state index in [4.69, 9.17) is 0 Å². The van der Waals surface area contributed by atoms with Gasteiger partial charge in [-0.05, 0) is 49.1 Å². The van der Waals surface area contributed by atoms with E-state index in [0.29, 0.717) is 16.5 Å². The van der Waals surface area contributed by atoms with Crippen molar-refractivity contribution in [2.24, 2.45) is 11.3 Å². The molecular weight excluding hydrogens is 401 g/mol. The average molecular weight is 424 g/mol. The minimum absolute atomic E-state index is 0.158. The number of halogens is 3. The van der Waals surface area contributed by atoms with E-state index in [0.717, 1.165) is 40.5 Å². The molecule has 2 aromatic rings. The van der Waals surface area contributed by atoms with Crippen LogP contribution in [0.15, 0.2) is 6.07 Å². The summed E-state index contributed by atoms with van der Waals surface area (Å²) >= 11 is 1.39. The lowest BCUT2D eigenvalue weighted by Gasteiger charge is -2.33. The van der Waals surface area contributed by atoms with Crippen molar-refractivity contribution in [1.82, 2.24) is 9.78 Å². The molecule has 0 spiro atoms. The standard InChI is InChI=1S/C20H23F3N4OS/c1-11-7-16(20(21,22)23)26-27(11)10-17(28)25-18-14(9-24)13-6-5-12(19(2,3)4)8-15(13)29-18/h7,12H,5-6,8,10H2,1-4H3,(H,25,28)/t12-/m1/s1. The Morgan fingerprint density at radius 1 is 1.41 bits per heavy atom. The van der Waals surface area contributed by atoms with Crippen molar-refractivity contribution in [3.05, 3.63) is 33.5 Å². The fraction of sp³-hybridized carbons (Fsp3) is 0.550. The first-order valence-corrected chi connectivity index (χ1v) is 10.2. The number of hydrogen-bond acceptors (Lipinski definition) is 4. The number of thiophene rings is 1. The van der Waals surface area contributed by atoms with Crippen molar-refractivity contribution in [3.63, 3.8) is 0 Å². The number of amides is 1. The largest absolute Gasteiger partial charge is 0.435 e. The monoisotopic (exact) mass is 424 g/mol. The Balaban J connectivity index is 1.78. The van der Waals surface area contributed by atoms with Gasteiger partial charge in [-0.2, -0.15) is 23.5 Å². The van der Waals surface area contributed by atoms with Gasteiger partial charge in [0.15, 0.2) is 5.69 Å². The Hall–Kier alpha value is -2.34. The minimum atomic E-state index is -4.56. The molecule has 1 aliphatic rings. The van der Waals surface area contributed by atoms with Crippen LogP contribution in [0.4, 0.5) is 18.2 Å². The van der Waals surface area contributed by atoms with Gasteiger partial charge in [0.1, 0.15) is 17.6 Å². The molecular formula is C20H23F3N4OS. The van der Waals surface area contributed by atoms with Gasteiger partial charge >= 0.3 is 6.18 Å². The first kappa shape index (κ1) is 21.4. The molecule has 1 aliphatic carbocycles. The van der Waals surface area contributed by atoms with Gasteiger partial charge in [0.25, 0.3) is 0 Å². The van der Waals surface area contributed by atoms with Crippen molar-refractivity contribution < 1.29 is 18.0 Å². The molecule has 0 aromatic carbocycles. The van der Waals surface area contributed by atoms with Gasteiger partial charge in [-0.1, -0.05) is 20.8 Å². The number of rotatable bonds is 3. The molecule has 0 saturated carbocycles. The molecule has 5 nitrogen and oxygen atoms in total. The summed E-state index contributed by atoms with van der Waals surface area (Å²) in [5, 5.41) is 16.2. The lowest BCUT2D eigenvalue weighted by Crippen LogP contribution is -2.26. The molecule has 0 radical (unpaired) electrons. The number of carbonyl (C=O) groups excluding carboxylic acids is 1. The zero-order valence-corrected chi connectivity index (χ0v) is 17.6. The van der Waals surface area contributed by atoms with E-state index < -0.39 is 17.8 Å². The highest BCUT2D eigenvalue weighted by molar-refractivity contribution is 7.16. The third-order valence-corrected chi connectivity index (χ3v) is 6.59. The number of anilines is 1. The molecule has 0 bridgehead atoms. The molecule has 9 heteroatoms. The number of fused-ring (bicyclic) bond motifs is 1. The first-order chi connectivity index (χ1) is 13.4. The van der Waals surface area contributed by atoms with Crippen LogP contribution >= 0.6 is 11.3 Å². The van der Waals surface area contributed by atoms with Crippen LogP contribution in [-0.2, 0) is 30.4 Å². The van der Waals surface area contributed by atoms with Gasteiger partial charge in [0, 0.05) is 10.6 Å². The second-order valence-electron chi connectivity index (χ2n) is 8.50. The van der Waals surface area contributed by atoms with E-state index >= 15 is 0 Å². The molecule has 2 heterocycles. The lowest BCUT2D eigenvalue weighted by atomic mass is 9.72. The number of hydrogen-bond donors (Lipinski definition) is 1. The number of aromatic nitrogens is 2. The molecule has 156 valence electrons. The Bertz CT molecular complexity index is 976. The summed E-state index contributed by atoms with van der Waals surface area (Å²) in [6.45, 7) is 7.72. The maximum absolute atomic E-state index is 12.8. The number of aryl methyl sites for hydroxylation is 1. The SMILES string of the molecule is Cc1cc(C(F)(F)F)nn1CC(=O)Nc1sc2c(c1C#N)CC[C@@H](C(C)(C)C)C2. The maximum atomic E-state index is 12.8. The number of alkyl halides is 3. The van der Waals surface area contributed by atoms with Gasteiger partial charge < -0.3 is 5.32 Å². The molecule has 3 rings (SSSR count). The van der Waals surface area contributed by atoms with Gasteiger partial charge in [0.05, 0.1) is 5.56 Å². The number of carbonyl (C=O) groups is 1. The second-order valence-corrected chi connectivity index (χ2v) is 9.61. The van der Waals surface area contributed by atoms with Crippen LogP contribution in [0.3, 0.4) is 0 Å². The summed E-state index contributed by atoms with van der Waals surface area (Å²) in [5.41, 5.74) is 0.833. The third kappa shape index (κ3) is 4.47. The van der Waals surface area contributed by atoms with Crippen LogP contribution in [0.1, 0.15) is 54.6 Å². The van der Waals surface area contributed by atoms with Crippen molar-refractivity contribution in [2.45, 2.75) is 59.7 Å². The number of nitriles is 1. The van der Waals surface area contributed by atoms with Crippen LogP contribution in [0.25, 0.3) is 0 Å². The molecule has 1 N–H and O–H groups in total. The lowest BCUT2D eigenvalue weighted by molar-refractivity contribution is -0.141. The minimum Gasteiger partial charge on any atom is -0.315 e. The van der Waals surface area contributed by atoms with Gasteiger partial charge in [-0.3, -0.25) is 9.48 Å². The average Bonchev–Trinajstić information content (AvgIpc) is 3.13. The Labute approximate surface area is 171 Å². The quantitative estimate of drug-likeness (QED) is 0.759. The zero-order chi connectivity index (χ0) is 21.6. The molecule has 0 aliphatic heterocycles. The van der Waals surface area contributed by atoms with Crippen LogP contribution in [0.2, 0.25) is 0 Å². The molecule has 0 saturated heterocycles. The first-order valence-electron chi connectivity index (χ1n) is 9.36. The number of nitrogens with zero attached hydrogens (tertiary/aromatic N) is 3. The van der Waals surface area contributed by atoms with E-state index in [9.17, 15) is 23.2 Å². The third-order valence-electron chi connectivity index (χ3n) is 5.42. The fourth-order valence-corrected chi connectivity index (χ4v) is 4.94. The number of nitrogens with one attached hydrogen (secondary N) is 1. The van der Waals surface area contributed by atoms with Crippen molar-refractivity contribution >= 4 is 22.2 Å². The van der Waals surface area contributed by atoms with E-state index in [1.54, 1.807) is 0 Å².